The Morgan fingerprint density at radius 1 is 0.886 bits per heavy atom. The SMILES string of the molecule is COC(=O)C12CCC(C(C)CO)C1C1CCC3C4(C)CCC(O)C(C)(C)C4CCC3(C)C1(C)CC2. The van der Waals surface area contributed by atoms with Crippen molar-refractivity contribution in [1.82, 2.24) is 0 Å². The molecule has 11 atom stereocenters. The number of carbonyl (C=O) groups is 1. The Bertz CT molecular complexity index is 853. The Morgan fingerprint density at radius 2 is 1.60 bits per heavy atom. The molecule has 35 heavy (non-hydrogen) atoms. The average molecular weight is 489 g/mol. The molecule has 2 N–H and O–H groups in total. The van der Waals surface area contributed by atoms with Gasteiger partial charge in [0.15, 0.2) is 0 Å². The molecule has 5 rings (SSSR count). The highest BCUT2D eigenvalue weighted by Crippen LogP contribution is 2.77. The maximum absolute atomic E-state index is 13.4. The molecule has 5 fully saturated rings. The predicted octanol–water partition coefficient (Wildman–Crippen LogP) is 6.23. The molecule has 11 unspecified atom stereocenters. The third-order valence-electron chi connectivity index (χ3n) is 14.1. The fraction of sp³-hybridized carbons (Fsp3) is 0.968. The summed E-state index contributed by atoms with van der Waals surface area (Å²) in [5.74, 6) is 2.73. The first-order valence-electron chi connectivity index (χ1n) is 14.7. The number of aliphatic hydroxyl groups excluding tert-OH is 2. The molecule has 0 radical (unpaired) electrons. The van der Waals surface area contributed by atoms with Gasteiger partial charge in [0.1, 0.15) is 0 Å². The molecule has 200 valence electrons. The Balaban J connectivity index is 1.56. The third-order valence-corrected chi connectivity index (χ3v) is 14.1. The first kappa shape index (κ1) is 26.0. The van der Waals surface area contributed by atoms with Crippen molar-refractivity contribution in [2.75, 3.05) is 13.7 Å². The van der Waals surface area contributed by atoms with Crippen LogP contribution in [0.25, 0.3) is 0 Å². The average Bonchev–Trinajstić information content (AvgIpc) is 3.22. The number of methoxy groups -OCH3 is 1. The third kappa shape index (κ3) is 3.14. The van der Waals surface area contributed by atoms with E-state index in [1.165, 1.54) is 25.7 Å². The van der Waals surface area contributed by atoms with Crippen molar-refractivity contribution in [2.24, 2.45) is 62.6 Å². The van der Waals surface area contributed by atoms with Crippen molar-refractivity contribution in [2.45, 2.75) is 112 Å². The molecule has 5 aliphatic rings. The van der Waals surface area contributed by atoms with Crippen molar-refractivity contribution >= 4 is 5.97 Å². The number of rotatable bonds is 3. The molecule has 0 heterocycles. The number of hydrogen-bond acceptors (Lipinski definition) is 4. The van der Waals surface area contributed by atoms with Crippen LogP contribution in [-0.4, -0.2) is 36.0 Å². The second kappa shape index (κ2) is 8.19. The van der Waals surface area contributed by atoms with Crippen molar-refractivity contribution < 1.29 is 19.7 Å². The van der Waals surface area contributed by atoms with E-state index < -0.39 is 0 Å². The van der Waals surface area contributed by atoms with Crippen LogP contribution in [0.5, 0.6) is 0 Å². The minimum atomic E-state index is -0.353. The predicted molar refractivity (Wildman–Crippen MR) is 138 cm³/mol. The Hall–Kier alpha value is -0.610. The van der Waals surface area contributed by atoms with Gasteiger partial charge < -0.3 is 14.9 Å². The van der Waals surface area contributed by atoms with E-state index in [2.05, 4.69) is 41.5 Å². The second-order valence-corrected chi connectivity index (χ2v) is 15.1. The lowest BCUT2D eigenvalue weighted by Crippen LogP contribution is -2.67. The van der Waals surface area contributed by atoms with Crippen LogP contribution in [0.2, 0.25) is 0 Å². The summed E-state index contributed by atoms with van der Waals surface area (Å²) >= 11 is 0. The number of hydrogen-bond donors (Lipinski definition) is 2. The van der Waals surface area contributed by atoms with Gasteiger partial charge in [-0.05, 0) is 121 Å². The highest BCUT2D eigenvalue weighted by atomic mass is 16.5. The standard InChI is InChI=1S/C31H52O4/c1-19(18-32)20-10-15-31(26(34)35-7)17-16-29(5)21(25(20)31)8-9-23-28(4)13-12-24(33)27(2,3)22(28)11-14-30(23,29)6/h19-25,32-33H,8-18H2,1-7H3. The van der Waals surface area contributed by atoms with Crippen molar-refractivity contribution in [3.63, 3.8) is 0 Å². The molecule has 0 spiro atoms. The van der Waals surface area contributed by atoms with Gasteiger partial charge in [0.2, 0.25) is 0 Å². The molecule has 0 aromatic carbocycles. The van der Waals surface area contributed by atoms with E-state index in [0.717, 1.165) is 38.5 Å². The Kier molecular flexibility index (Phi) is 6.09. The van der Waals surface area contributed by atoms with Crippen LogP contribution in [0, 0.1) is 62.6 Å². The summed E-state index contributed by atoms with van der Waals surface area (Å²) in [7, 11) is 1.57. The lowest BCUT2D eigenvalue weighted by Gasteiger charge is -2.72. The number of aliphatic hydroxyl groups is 2. The zero-order valence-electron chi connectivity index (χ0n) is 23.5. The largest absolute Gasteiger partial charge is 0.469 e. The van der Waals surface area contributed by atoms with E-state index >= 15 is 0 Å². The maximum Gasteiger partial charge on any atom is 0.312 e. The quantitative estimate of drug-likeness (QED) is 0.462. The van der Waals surface area contributed by atoms with Crippen molar-refractivity contribution in [3.05, 3.63) is 0 Å². The second-order valence-electron chi connectivity index (χ2n) is 15.1. The summed E-state index contributed by atoms with van der Waals surface area (Å²) in [4.78, 5) is 13.4. The molecule has 4 nitrogen and oxygen atoms in total. The van der Waals surface area contributed by atoms with Gasteiger partial charge in [-0.3, -0.25) is 4.79 Å². The van der Waals surface area contributed by atoms with Crippen LogP contribution in [0.3, 0.4) is 0 Å². The fourth-order valence-corrected chi connectivity index (χ4v) is 12.0. The van der Waals surface area contributed by atoms with Crippen LogP contribution in [0.1, 0.15) is 106 Å². The van der Waals surface area contributed by atoms with Crippen LogP contribution in [0.15, 0.2) is 0 Å². The molecule has 5 aliphatic carbocycles. The van der Waals surface area contributed by atoms with Gasteiger partial charge in [0, 0.05) is 6.61 Å². The number of fused-ring (bicyclic) bond motifs is 7. The minimum Gasteiger partial charge on any atom is -0.469 e. The molecule has 0 bridgehead atoms. The lowest BCUT2D eigenvalue weighted by atomic mass is 9.32. The molecule has 4 heteroatoms. The van der Waals surface area contributed by atoms with Gasteiger partial charge in [0.05, 0.1) is 18.6 Å². The van der Waals surface area contributed by atoms with Crippen LogP contribution in [0.4, 0.5) is 0 Å². The Morgan fingerprint density at radius 3 is 2.26 bits per heavy atom. The molecule has 0 aliphatic heterocycles. The van der Waals surface area contributed by atoms with Gasteiger partial charge >= 0.3 is 5.97 Å². The zero-order valence-corrected chi connectivity index (χ0v) is 23.5. The fourth-order valence-electron chi connectivity index (χ4n) is 12.0. The van der Waals surface area contributed by atoms with Crippen molar-refractivity contribution in [3.8, 4) is 0 Å². The van der Waals surface area contributed by atoms with Crippen LogP contribution < -0.4 is 0 Å². The summed E-state index contributed by atoms with van der Waals surface area (Å²) < 4.78 is 5.50. The number of ether oxygens (including phenoxy) is 1. The van der Waals surface area contributed by atoms with Crippen LogP contribution >= 0.6 is 0 Å². The normalized spacial score (nSPS) is 53.5. The van der Waals surface area contributed by atoms with Crippen molar-refractivity contribution in [1.29, 1.82) is 0 Å². The van der Waals surface area contributed by atoms with E-state index in [1.807, 2.05) is 0 Å². The molecule has 0 saturated heterocycles. The minimum absolute atomic E-state index is 0.0168. The maximum atomic E-state index is 13.4. The topological polar surface area (TPSA) is 66.8 Å². The first-order valence-corrected chi connectivity index (χ1v) is 14.7. The molecular formula is C31H52O4. The first-order chi connectivity index (χ1) is 16.3. The van der Waals surface area contributed by atoms with E-state index in [-0.39, 0.29) is 51.7 Å². The molecule has 0 amide bonds. The van der Waals surface area contributed by atoms with Gasteiger partial charge in [-0.15, -0.1) is 0 Å². The summed E-state index contributed by atoms with van der Waals surface area (Å²) in [5, 5.41) is 21.1. The van der Waals surface area contributed by atoms with E-state index in [9.17, 15) is 15.0 Å². The molecule has 0 aromatic heterocycles. The number of esters is 1. The molecular weight excluding hydrogens is 436 g/mol. The van der Waals surface area contributed by atoms with Crippen LogP contribution in [-0.2, 0) is 9.53 Å². The molecule has 0 aromatic rings. The van der Waals surface area contributed by atoms with Gasteiger partial charge in [-0.2, -0.15) is 0 Å². The van der Waals surface area contributed by atoms with E-state index in [4.69, 9.17) is 4.74 Å². The van der Waals surface area contributed by atoms with Gasteiger partial charge in [-0.1, -0.05) is 41.5 Å². The summed E-state index contributed by atoms with van der Waals surface area (Å²) in [5.41, 5.74) is 0.343. The molecule has 5 saturated carbocycles. The zero-order chi connectivity index (χ0) is 25.6. The highest BCUT2D eigenvalue weighted by molar-refractivity contribution is 5.78. The highest BCUT2D eigenvalue weighted by Gasteiger charge is 2.72. The van der Waals surface area contributed by atoms with E-state index in [1.54, 1.807) is 7.11 Å². The summed E-state index contributed by atoms with van der Waals surface area (Å²) in [6.07, 6.45) is 10.8. The Labute approximate surface area is 214 Å². The number of carbonyl (C=O) groups excluding carboxylic acids is 1. The van der Waals surface area contributed by atoms with Gasteiger partial charge in [0.25, 0.3) is 0 Å². The lowest BCUT2D eigenvalue weighted by molar-refractivity contribution is -0.250. The summed E-state index contributed by atoms with van der Waals surface area (Å²) in [6, 6.07) is 0. The van der Waals surface area contributed by atoms with Gasteiger partial charge in [-0.25, -0.2) is 0 Å². The van der Waals surface area contributed by atoms with E-state index in [0.29, 0.717) is 29.6 Å². The summed E-state index contributed by atoms with van der Waals surface area (Å²) in [6.45, 7) is 14.8. The smallest absolute Gasteiger partial charge is 0.312 e. The monoisotopic (exact) mass is 488 g/mol.